The molecule has 2 heterocycles. The molecule has 0 aliphatic carbocycles. The minimum Gasteiger partial charge on any atom is -0.383 e. The van der Waals surface area contributed by atoms with Crippen LogP contribution in [0.4, 0.5) is 0 Å². The summed E-state index contributed by atoms with van der Waals surface area (Å²) in [4.78, 5) is 8.30. The lowest BCUT2D eigenvalue weighted by Crippen LogP contribution is -2.28. The van der Waals surface area contributed by atoms with Gasteiger partial charge < -0.3 is 15.0 Å². The van der Waals surface area contributed by atoms with Gasteiger partial charge in [-0.2, -0.15) is 4.98 Å². The highest BCUT2D eigenvalue weighted by Gasteiger charge is 2.13. The average Bonchev–Trinajstić information content (AvgIpc) is 2.86. The van der Waals surface area contributed by atoms with Crippen LogP contribution < -0.4 is 5.73 Å². The van der Waals surface area contributed by atoms with Crippen molar-refractivity contribution in [1.82, 2.24) is 15.1 Å². The average molecular weight is 240 g/mol. The van der Waals surface area contributed by atoms with Gasteiger partial charge in [-0.25, -0.2) is 4.98 Å². The van der Waals surface area contributed by atoms with Gasteiger partial charge >= 0.3 is 0 Å². The maximum absolute atomic E-state index is 5.78. The first-order chi connectivity index (χ1) is 7.79. The number of aromatic nitrogens is 3. The van der Waals surface area contributed by atoms with E-state index in [-0.39, 0.29) is 6.04 Å². The lowest BCUT2D eigenvalue weighted by atomic mass is 10.2. The van der Waals surface area contributed by atoms with Crippen molar-refractivity contribution in [2.75, 3.05) is 13.7 Å². The van der Waals surface area contributed by atoms with Crippen LogP contribution in [0.15, 0.2) is 15.4 Å². The highest BCUT2D eigenvalue weighted by molar-refractivity contribution is 7.07. The van der Waals surface area contributed by atoms with E-state index in [4.69, 9.17) is 15.0 Å². The Kier molecular flexibility index (Phi) is 3.60. The van der Waals surface area contributed by atoms with Crippen molar-refractivity contribution in [1.29, 1.82) is 0 Å². The first-order valence-corrected chi connectivity index (χ1v) is 5.69. The molecule has 7 heteroatoms. The maximum Gasteiger partial charge on any atom is 0.228 e. The lowest BCUT2D eigenvalue weighted by molar-refractivity contribution is 0.176. The number of ether oxygens (including phenoxy) is 1. The van der Waals surface area contributed by atoms with Crippen LogP contribution in [-0.4, -0.2) is 34.9 Å². The first kappa shape index (κ1) is 11.2. The third-order valence-corrected chi connectivity index (χ3v) is 2.53. The van der Waals surface area contributed by atoms with E-state index in [1.165, 1.54) is 11.3 Å². The Labute approximate surface area is 96.4 Å². The van der Waals surface area contributed by atoms with Crippen molar-refractivity contribution in [3.8, 4) is 11.5 Å². The summed E-state index contributed by atoms with van der Waals surface area (Å²) >= 11 is 1.49. The number of nitrogens with two attached hydrogens (primary N) is 1. The summed E-state index contributed by atoms with van der Waals surface area (Å²) in [5.74, 6) is 1.01. The van der Waals surface area contributed by atoms with E-state index in [1.54, 1.807) is 12.6 Å². The van der Waals surface area contributed by atoms with Gasteiger partial charge in [-0.05, 0) is 0 Å². The second kappa shape index (κ2) is 5.15. The van der Waals surface area contributed by atoms with Crippen molar-refractivity contribution < 1.29 is 9.26 Å². The van der Waals surface area contributed by atoms with Crippen molar-refractivity contribution in [2.24, 2.45) is 5.73 Å². The van der Waals surface area contributed by atoms with Crippen LogP contribution in [0.25, 0.3) is 11.5 Å². The Bertz CT molecular complexity index is 428. The summed E-state index contributed by atoms with van der Waals surface area (Å²) in [7, 11) is 1.61. The maximum atomic E-state index is 5.78. The van der Waals surface area contributed by atoms with E-state index in [1.807, 2.05) is 5.38 Å². The van der Waals surface area contributed by atoms with Crippen LogP contribution >= 0.6 is 11.3 Å². The van der Waals surface area contributed by atoms with Crippen molar-refractivity contribution in [3.05, 3.63) is 16.8 Å². The smallest absolute Gasteiger partial charge is 0.228 e. The fraction of sp³-hybridized carbons (Fsp3) is 0.444. The third-order valence-electron chi connectivity index (χ3n) is 1.95. The summed E-state index contributed by atoms with van der Waals surface area (Å²) < 4.78 is 10.0. The van der Waals surface area contributed by atoms with E-state index in [0.717, 1.165) is 5.69 Å². The number of thiazole rings is 1. The quantitative estimate of drug-likeness (QED) is 0.828. The SMILES string of the molecule is COCC(N)Cc1nc(-c2cscn2)no1. The normalized spacial score (nSPS) is 12.9. The topological polar surface area (TPSA) is 87.1 Å². The van der Waals surface area contributed by atoms with Gasteiger partial charge in [0.1, 0.15) is 5.69 Å². The number of hydrogen-bond acceptors (Lipinski definition) is 7. The summed E-state index contributed by atoms with van der Waals surface area (Å²) in [6.45, 7) is 0.467. The predicted octanol–water partition coefficient (Wildman–Crippen LogP) is 0.709. The van der Waals surface area contributed by atoms with Crippen LogP contribution in [-0.2, 0) is 11.2 Å². The van der Waals surface area contributed by atoms with Gasteiger partial charge in [0, 0.05) is 25.0 Å². The summed E-state index contributed by atoms with van der Waals surface area (Å²) in [5.41, 5.74) is 8.22. The van der Waals surface area contributed by atoms with Crippen molar-refractivity contribution >= 4 is 11.3 Å². The van der Waals surface area contributed by atoms with E-state index in [2.05, 4.69) is 15.1 Å². The highest BCUT2D eigenvalue weighted by atomic mass is 32.1. The van der Waals surface area contributed by atoms with Gasteiger partial charge in [0.2, 0.25) is 11.7 Å². The molecule has 0 fully saturated rings. The second-order valence-electron chi connectivity index (χ2n) is 3.30. The molecule has 0 aliphatic rings. The van der Waals surface area contributed by atoms with Gasteiger partial charge in [0.05, 0.1) is 12.1 Å². The molecule has 2 N–H and O–H groups in total. The number of nitrogens with zero attached hydrogens (tertiary/aromatic N) is 3. The Morgan fingerprint density at radius 1 is 1.62 bits per heavy atom. The minimum atomic E-state index is -0.131. The molecule has 2 aromatic heterocycles. The van der Waals surface area contributed by atoms with Gasteiger partial charge in [-0.1, -0.05) is 5.16 Å². The molecular weight excluding hydrogens is 228 g/mol. The Hall–Kier alpha value is -1.31. The van der Waals surface area contributed by atoms with Crippen LogP contribution in [0.3, 0.4) is 0 Å². The van der Waals surface area contributed by atoms with E-state index in [0.29, 0.717) is 24.7 Å². The summed E-state index contributed by atoms with van der Waals surface area (Å²) in [5, 5.41) is 5.70. The summed E-state index contributed by atoms with van der Waals surface area (Å²) in [6.07, 6.45) is 0.505. The molecule has 0 radical (unpaired) electrons. The molecule has 0 aliphatic heterocycles. The molecule has 16 heavy (non-hydrogen) atoms. The Morgan fingerprint density at radius 2 is 2.50 bits per heavy atom. The molecule has 0 amide bonds. The number of methoxy groups -OCH3 is 1. The van der Waals surface area contributed by atoms with Crippen LogP contribution in [0.5, 0.6) is 0 Å². The molecule has 1 atom stereocenters. The lowest BCUT2D eigenvalue weighted by Gasteiger charge is -2.05. The Balaban J connectivity index is 2.03. The zero-order valence-corrected chi connectivity index (χ0v) is 9.61. The van der Waals surface area contributed by atoms with Gasteiger partial charge in [-0.3, -0.25) is 0 Å². The standard InChI is InChI=1S/C9H12N4O2S/c1-14-3-6(10)2-8-12-9(13-15-8)7-4-16-5-11-7/h4-6H,2-3,10H2,1H3. The molecule has 0 saturated carbocycles. The fourth-order valence-electron chi connectivity index (χ4n) is 1.26. The largest absolute Gasteiger partial charge is 0.383 e. The number of rotatable bonds is 5. The van der Waals surface area contributed by atoms with Crippen LogP contribution in [0.2, 0.25) is 0 Å². The van der Waals surface area contributed by atoms with Gasteiger partial charge in [0.15, 0.2) is 0 Å². The molecule has 6 nitrogen and oxygen atoms in total. The third kappa shape index (κ3) is 2.63. The van der Waals surface area contributed by atoms with E-state index < -0.39 is 0 Å². The molecule has 2 aromatic rings. The Morgan fingerprint density at radius 3 is 3.19 bits per heavy atom. The summed E-state index contributed by atoms with van der Waals surface area (Å²) in [6, 6.07) is -0.131. The molecule has 0 aromatic carbocycles. The molecule has 86 valence electrons. The zero-order chi connectivity index (χ0) is 11.4. The van der Waals surface area contributed by atoms with Gasteiger partial charge in [0.25, 0.3) is 0 Å². The number of hydrogen-bond donors (Lipinski definition) is 1. The molecule has 0 saturated heterocycles. The predicted molar refractivity (Wildman–Crippen MR) is 59.0 cm³/mol. The van der Waals surface area contributed by atoms with Crippen LogP contribution in [0, 0.1) is 0 Å². The van der Waals surface area contributed by atoms with Crippen molar-refractivity contribution in [3.63, 3.8) is 0 Å². The van der Waals surface area contributed by atoms with E-state index in [9.17, 15) is 0 Å². The van der Waals surface area contributed by atoms with Crippen molar-refractivity contribution in [2.45, 2.75) is 12.5 Å². The zero-order valence-electron chi connectivity index (χ0n) is 8.79. The molecule has 2 rings (SSSR count). The first-order valence-electron chi connectivity index (χ1n) is 4.75. The van der Waals surface area contributed by atoms with Gasteiger partial charge in [-0.15, -0.1) is 11.3 Å². The van der Waals surface area contributed by atoms with E-state index >= 15 is 0 Å². The highest BCUT2D eigenvalue weighted by Crippen LogP contribution is 2.15. The monoisotopic (exact) mass is 240 g/mol. The second-order valence-corrected chi connectivity index (χ2v) is 4.02. The van der Waals surface area contributed by atoms with Crippen LogP contribution in [0.1, 0.15) is 5.89 Å². The molecule has 0 bridgehead atoms. The fourth-order valence-corrected chi connectivity index (χ4v) is 1.79. The molecular formula is C9H12N4O2S. The minimum absolute atomic E-state index is 0.131. The molecule has 1 unspecified atom stereocenters. The molecule has 0 spiro atoms.